The van der Waals surface area contributed by atoms with E-state index in [2.05, 4.69) is 24.4 Å². The summed E-state index contributed by atoms with van der Waals surface area (Å²) in [5, 5.41) is 3.34. The Morgan fingerprint density at radius 3 is 3.15 bits per heavy atom. The molecule has 4 heteroatoms. The number of aryl methyl sites for hydroxylation is 1. The molecule has 1 aliphatic rings. The molecule has 0 spiro atoms. The summed E-state index contributed by atoms with van der Waals surface area (Å²) in [6.07, 6.45) is 2.44. The maximum absolute atomic E-state index is 11.2. The maximum atomic E-state index is 11.2. The zero-order valence-electron chi connectivity index (χ0n) is 12.3. The summed E-state index contributed by atoms with van der Waals surface area (Å²) in [6.45, 7) is 6.01. The van der Waals surface area contributed by atoms with Crippen molar-refractivity contribution in [3.8, 4) is 5.75 Å². The number of carbonyl (C=O) groups excluding carboxylic acids is 1. The number of benzene rings is 1. The minimum absolute atomic E-state index is 0.116. The third kappa shape index (κ3) is 4.23. The van der Waals surface area contributed by atoms with E-state index in [1.807, 2.05) is 13.0 Å². The smallest absolute Gasteiger partial charge is 0.305 e. The second-order valence-corrected chi connectivity index (χ2v) is 5.17. The van der Waals surface area contributed by atoms with Crippen LogP contribution in [0.15, 0.2) is 18.2 Å². The predicted molar refractivity (Wildman–Crippen MR) is 78.0 cm³/mol. The molecule has 0 aliphatic carbocycles. The molecule has 1 N–H and O–H groups in total. The summed E-state index contributed by atoms with van der Waals surface area (Å²) in [5.41, 5.74) is 2.57. The van der Waals surface area contributed by atoms with Gasteiger partial charge < -0.3 is 14.8 Å². The van der Waals surface area contributed by atoms with Crippen molar-refractivity contribution in [2.24, 2.45) is 0 Å². The van der Waals surface area contributed by atoms with Crippen LogP contribution >= 0.6 is 0 Å². The van der Waals surface area contributed by atoms with Crippen LogP contribution in [0.4, 0.5) is 0 Å². The summed E-state index contributed by atoms with van der Waals surface area (Å²) in [5.74, 6) is 0.892. The molecular weight excluding hydrogens is 254 g/mol. The molecule has 1 aliphatic heterocycles. The van der Waals surface area contributed by atoms with E-state index in [4.69, 9.17) is 9.47 Å². The second-order valence-electron chi connectivity index (χ2n) is 5.17. The first-order valence-corrected chi connectivity index (χ1v) is 7.31. The lowest BCUT2D eigenvalue weighted by Crippen LogP contribution is -2.30. The van der Waals surface area contributed by atoms with Gasteiger partial charge in [-0.1, -0.05) is 17.7 Å². The van der Waals surface area contributed by atoms with Crippen LogP contribution in [0.25, 0.3) is 0 Å². The standard InChI is InChI=1S/C16H23NO3/c1-3-19-16(18)5-4-8-17-11-14-10-13-9-12(2)6-7-15(13)20-14/h6-7,9,14,17H,3-5,8,10-11H2,1-2H3. The van der Waals surface area contributed by atoms with Crippen molar-refractivity contribution in [1.29, 1.82) is 0 Å². The number of esters is 1. The molecular formula is C16H23NO3. The minimum Gasteiger partial charge on any atom is -0.488 e. The van der Waals surface area contributed by atoms with Crippen molar-refractivity contribution >= 4 is 5.97 Å². The highest BCUT2D eigenvalue weighted by Gasteiger charge is 2.22. The Hall–Kier alpha value is -1.55. The first-order chi connectivity index (χ1) is 9.69. The van der Waals surface area contributed by atoms with Gasteiger partial charge in [0.2, 0.25) is 0 Å². The lowest BCUT2D eigenvalue weighted by Gasteiger charge is -2.11. The van der Waals surface area contributed by atoms with Gasteiger partial charge in [0.15, 0.2) is 0 Å². The van der Waals surface area contributed by atoms with E-state index in [9.17, 15) is 4.79 Å². The van der Waals surface area contributed by atoms with E-state index < -0.39 is 0 Å². The Morgan fingerprint density at radius 1 is 1.50 bits per heavy atom. The van der Waals surface area contributed by atoms with Crippen LogP contribution in [0, 0.1) is 6.92 Å². The third-order valence-electron chi connectivity index (χ3n) is 3.37. The lowest BCUT2D eigenvalue weighted by atomic mass is 10.1. The van der Waals surface area contributed by atoms with Gasteiger partial charge in [-0.2, -0.15) is 0 Å². The first kappa shape index (κ1) is 14.9. The van der Waals surface area contributed by atoms with Gasteiger partial charge >= 0.3 is 5.97 Å². The molecule has 110 valence electrons. The van der Waals surface area contributed by atoms with Crippen molar-refractivity contribution in [2.75, 3.05) is 19.7 Å². The summed E-state index contributed by atoms with van der Waals surface area (Å²) in [7, 11) is 0. The average Bonchev–Trinajstić information content (AvgIpc) is 2.80. The van der Waals surface area contributed by atoms with Crippen molar-refractivity contribution in [3.63, 3.8) is 0 Å². The predicted octanol–water partition coefficient (Wildman–Crippen LogP) is 2.23. The minimum atomic E-state index is -0.116. The van der Waals surface area contributed by atoms with Gasteiger partial charge in [0.05, 0.1) is 6.61 Å². The molecule has 0 fully saturated rings. The summed E-state index contributed by atoms with van der Waals surface area (Å²) >= 11 is 0. The van der Waals surface area contributed by atoms with E-state index in [1.54, 1.807) is 0 Å². The van der Waals surface area contributed by atoms with Crippen LogP contribution in [0.2, 0.25) is 0 Å². The van der Waals surface area contributed by atoms with E-state index in [1.165, 1.54) is 11.1 Å². The van der Waals surface area contributed by atoms with Gasteiger partial charge in [0.1, 0.15) is 11.9 Å². The lowest BCUT2D eigenvalue weighted by molar-refractivity contribution is -0.143. The summed E-state index contributed by atoms with van der Waals surface area (Å²) in [6, 6.07) is 6.31. The maximum Gasteiger partial charge on any atom is 0.305 e. The summed E-state index contributed by atoms with van der Waals surface area (Å²) in [4.78, 5) is 11.2. The molecule has 2 rings (SSSR count). The SMILES string of the molecule is CCOC(=O)CCCNCC1Cc2cc(C)ccc2O1. The molecule has 4 nitrogen and oxygen atoms in total. The fourth-order valence-corrected chi connectivity index (χ4v) is 2.42. The van der Waals surface area contributed by atoms with Crippen LogP contribution in [0.1, 0.15) is 30.9 Å². The number of rotatable bonds is 7. The van der Waals surface area contributed by atoms with Crippen molar-refractivity contribution in [2.45, 2.75) is 39.2 Å². The van der Waals surface area contributed by atoms with E-state index >= 15 is 0 Å². The van der Waals surface area contributed by atoms with E-state index in [0.29, 0.717) is 13.0 Å². The second kappa shape index (κ2) is 7.29. The largest absolute Gasteiger partial charge is 0.488 e. The van der Waals surface area contributed by atoms with Crippen LogP contribution < -0.4 is 10.1 Å². The number of carbonyl (C=O) groups is 1. The zero-order valence-corrected chi connectivity index (χ0v) is 12.3. The Morgan fingerprint density at radius 2 is 2.35 bits per heavy atom. The van der Waals surface area contributed by atoms with Gasteiger partial charge in [0, 0.05) is 19.4 Å². The Kier molecular flexibility index (Phi) is 5.41. The van der Waals surface area contributed by atoms with Gasteiger partial charge in [0.25, 0.3) is 0 Å². The molecule has 1 heterocycles. The molecule has 0 saturated heterocycles. The normalized spacial score (nSPS) is 16.6. The molecule has 20 heavy (non-hydrogen) atoms. The third-order valence-corrected chi connectivity index (χ3v) is 3.37. The summed E-state index contributed by atoms with van der Waals surface area (Å²) < 4.78 is 10.8. The Labute approximate surface area is 120 Å². The van der Waals surface area contributed by atoms with Crippen LogP contribution in [0.5, 0.6) is 5.75 Å². The monoisotopic (exact) mass is 277 g/mol. The average molecular weight is 277 g/mol. The fourth-order valence-electron chi connectivity index (χ4n) is 2.42. The molecule has 0 radical (unpaired) electrons. The molecule has 0 saturated carbocycles. The highest BCUT2D eigenvalue weighted by molar-refractivity contribution is 5.69. The number of fused-ring (bicyclic) bond motifs is 1. The van der Waals surface area contributed by atoms with E-state index in [-0.39, 0.29) is 12.1 Å². The molecule has 1 atom stereocenters. The molecule has 0 amide bonds. The van der Waals surface area contributed by atoms with Crippen LogP contribution in [-0.2, 0) is 16.0 Å². The Balaban J connectivity index is 1.61. The van der Waals surface area contributed by atoms with E-state index in [0.717, 1.165) is 31.7 Å². The van der Waals surface area contributed by atoms with Crippen molar-refractivity contribution in [3.05, 3.63) is 29.3 Å². The fraction of sp³-hybridized carbons (Fsp3) is 0.562. The molecule has 0 bridgehead atoms. The van der Waals surface area contributed by atoms with Crippen LogP contribution in [0.3, 0.4) is 0 Å². The van der Waals surface area contributed by atoms with Gasteiger partial charge in [-0.3, -0.25) is 4.79 Å². The number of hydrogen-bond donors (Lipinski definition) is 1. The topological polar surface area (TPSA) is 47.6 Å². The quantitative estimate of drug-likeness (QED) is 0.613. The molecule has 0 aromatic heterocycles. The van der Waals surface area contributed by atoms with Crippen LogP contribution in [-0.4, -0.2) is 31.8 Å². The zero-order chi connectivity index (χ0) is 14.4. The van der Waals surface area contributed by atoms with Crippen molar-refractivity contribution in [1.82, 2.24) is 5.32 Å². The number of hydrogen-bond acceptors (Lipinski definition) is 4. The van der Waals surface area contributed by atoms with Gasteiger partial charge in [-0.05, 0) is 38.4 Å². The molecule has 1 aromatic carbocycles. The Bertz CT molecular complexity index is 459. The van der Waals surface area contributed by atoms with Gasteiger partial charge in [-0.25, -0.2) is 0 Å². The van der Waals surface area contributed by atoms with Gasteiger partial charge in [-0.15, -0.1) is 0 Å². The first-order valence-electron chi connectivity index (χ1n) is 7.31. The molecule has 1 aromatic rings. The highest BCUT2D eigenvalue weighted by atomic mass is 16.5. The highest BCUT2D eigenvalue weighted by Crippen LogP contribution is 2.29. The molecule has 1 unspecified atom stereocenters. The van der Waals surface area contributed by atoms with Crippen molar-refractivity contribution < 1.29 is 14.3 Å². The number of ether oxygens (including phenoxy) is 2. The number of nitrogens with one attached hydrogen (secondary N) is 1.